The molecule has 0 bridgehead atoms. The number of ether oxygens (including phenoxy) is 1. The first-order valence-electron chi connectivity index (χ1n) is 3.60. The second kappa shape index (κ2) is 6.41. The molecule has 0 saturated carbocycles. The predicted octanol–water partition coefficient (Wildman–Crippen LogP) is -1.64. The number of carbonyl (C=O) groups is 1. The standard InChI is InChI=1S/C6H14N4O2/c7-4-5(11)12-3-1-2-10-6(8)9/h1-4,7H2,(H4,8,9,10). The van der Waals surface area contributed by atoms with Crippen molar-refractivity contribution in [2.45, 2.75) is 6.42 Å². The zero-order valence-corrected chi connectivity index (χ0v) is 6.80. The van der Waals surface area contributed by atoms with Gasteiger partial charge in [0.2, 0.25) is 0 Å². The van der Waals surface area contributed by atoms with Gasteiger partial charge in [-0.25, -0.2) is 0 Å². The van der Waals surface area contributed by atoms with E-state index >= 15 is 0 Å². The van der Waals surface area contributed by atoms with E-state index in [-0.39, 0.29) is 12.5 Å². The van der Waals surface area contributed by atoms with Gasteiger partial charge in [0.15, 0.2) is 5.96 Å². The largest absolute Gasteiger partial charge is 0.465 e. The van der Waals surface area contributed by atoms with E-state index in [2.05, 4.69) is 10.1 Å². The van der Waals surface area contributed by atoms with Gasteiger partial charge in [-0.2, -0.15) is 0 Å². The molecule has 0 aromatic heterocycles. The van der Waals surface area contributed by atoms with Crippen LogP contribution < -0.4 is 16.8 Å². The number of esters is 1. The van der Waals surface area contributed by atoms with E-state index in [0.29, 0.717) is 19.6 Å². The molecule has 0 heterocycles. The second-order valence-corrected chi connectivity index (χ2v) is 2.12. The summed E-state index contributed by atoms with van der Waals surface area (Å²) in [6, 6.07) is 0. The lowest BCUT2D eigenvalue weighted by Crippen LogP contribution is -2.31. The second-order valence-electron chi connectivity index (χ2n) is 2.12. The van der Waals surface area contributed by atoms with Crippen molar-refractivity contribution in [3.8, 4) is 0 Å². The van der Waals surface area contributed by atoms with Crippen molar-refractivity contribution in [1.29, 1.82) is 5.41 Å². The minimum absolute atomic E-state index is 0.0832. The minimum Gasteiger partial charge on any atom is -0.465 e. The minimum atomic E-state index is -0.419. The molecule has 6 nitrogen and oxygen atoms in total. The maximum atomic E-state index is 10.5. The van der Waals surface area contributed by atoms with Crippen LogP contribution in [0.1, 0.15) is 6.42 Å². The number of nitrogens with one attached hydrogen (secondary N) is 2. The van der Waals surface area contributed by atoms with Gasteiger partial charge in [0.1, 0.15) is 0 Å². The molecule has 0 saturated heterocycles. The molecule has 0 aliphatic heterocycles. The zero-order chi connectivity index (χ0) is 9.40. The van der Waals surface area contributed by atoms with E-state index in [1.54, 1.807) is 0 Å². The van der Waals surface area contributed by atoms with Crippen molar-refractivity contribution in [2.75, 3.05) is 19.7 Å². The van der Waals surface area contributed by atoms with Gasteiger partial charge in [-0.3, -0.25) is 10.2 Å². The van der Waals surface area contributed by atoms with Crippen LogP contribution in [0.2, 0.25) is 0 Å². The van der Waals surface area contributed by atoms with Crippen molar-refractivity contribution < 1.29 is 9.53 Å². The maximum Gasteiger partial charge on any atom is 0.319 e. The van der Waals surface area contributed by atoms with Gasteiger partial charge < -0.3 is 21.5 Å². The lowest BCUT2D eigenvalue weighted by Gasteiger charge is -2.04. The third-order valence-electron chi connectivity index (χ3n) is 1.07. The van der Waals surface area contributed by atoms with Crippen molar-refractivity contribution in [3.63, 3.8) is 0 Å². The van der Waals surface area contributed by atoms with Crippen LogP contribution in [0.15, 0.2) is 0 Å². The topological polar surface area (TPSA) is 114 Å². The Morgan fingerprint density at radius 2 is 2.25 bits per heavy atom. The SMILES string of the molecule is N=C(N)NCCCOC(=O)CN. The van der Waals surface area contributed by atoms with E-state index < -0.39 is 5.97 Å². The summed E-state index contributed by atoms with van der Waals surface area (Å²) in [6.45, 7) is 0.726. The van der Waals surface area contributed by atoms with Crippen LogP contribution in [0, 0.1) is 5.41 Å². The van der Waals surface area contributed by atoms with Gasteiger partial charge >= 0.3 is 5.97 Å². The predicted molar refractivity (Wildman–Crippen MR) is 44.5 cm³/mol. The number of rotatable bonds is 5. The quantitative estimate of drug-likeness (QED) is 0.173. The number of hydrogen-bond donors (Lipinski definition) is 4. The monoisotopic (exact) mass is 174 g/mol. The molecule has 6 N–H and O–H groups in total. The number of carbonyl (C=O) groups excluding carboxylic acids is 1. The van der Waals surface area contributed by atoms with Crippen molar-refractivity contribution in [3.05, 3.63) is 0 Å². The van der Waals surface area contributed by atoms with Crippen molar-refractivity contribution >= 4 is 11.9 Å². The third-order valence-corrected chi connectivity index (χ3v) is 1.07. The summed E-state index contributed by atoms with van der Waals surface area (Å²) < 4.78 is 4.66. The summed E-state index contributed by atoms with van der Waals surface area (Å²) in [6.07, 6.45) is 0.616. The molecule has 0 aliphatic carbocycles. The van der Waals surface area contributed by atoms with Crippen LogP contribution in [0.25, 0.3) is 0 Å². The van der Waals surface area contributed by atoms with Crippen LogP contribution >= 0.6 is 0 Å². The molecule has 12 heavy (non-hydrogen) atoms. The maximum absolute atomic E-state index is 10.5. The number of guanidine groups is 1. The molecular weight excluding hydrogens is 160 g/mol. The highest BCUT2D eigenvalue weighted by molar-refractivity contribution is 5.74. The Morgan fingerprint density at radius 3 is 2.75 bits per heavy atom. The Morgan fingerprint density at radius 1 is 1.58 bits per heavy atom. The summed E-state index contributed by atoms with van der Waals surface area (Å²) in [5.74, 6) is -0.502. The van der Waals surface area contributed by atoms with E-state index in [4.69, 9.17) is 16.9 Å². The Bertz CT molecular complexity index is 160. The molecular formula is C6H14N4O2. The molecule has 0 aromatic rings. The Hall–Kier alpha value is -1.30. The molecule has 0 aromatic carbocycles. The van der Waals surface area contributed by atoms with E-state index in [1.807, 2.05) is 0 Å². The van der Waals surface area contributed by atoms with Crippen LogP contribution in [0.3, 0.4) is 0 Å². The molecule has 0 aliphatic rings. The Labute approximate surface area is 70.8 Å². The fourth-order valence-corrected chi connectivity index (χ4v) is 0.540. The Balaban J connectivity index is 3.11. The first-order chi connectivity index (χ1) is 5.66. The summed E-state index contributed by atoms with van der Waals surface area (Å²) in [5, 5.41) is 9.37. The first-order valence-corrected chi connectivity index (χ1v) is 3.60. The van der Waals surface area contributed by atoms with Crippen LogP contribution in [0.5, 0.6) is 0 Å². The van der Waals surface area contributed by atoms with Crippen molar-refractivity contribution in [2.24, 2.45) is 11.5 Å². The van der Waals surface area contributed by atoms with Crippen LogP contribution in [-0.4, -0.2) is 31.6 Å². The zero-order valence-electron chi connectivity index (χ0n) is 6.80. The van der Waals surface area contributed by atoms with Crippen molar-refractivity contribution in [1.82, 2.24) is 5.32 Å². The van der Waals surface area contributed by atoms with Gasteiger partial charge in [-0.05, 0) is 6.42 Å². The molecule has 0 fully saturated rings. The normalized spacial score (nSPS) is 9.08. The molecule has 0 rings (SSSR count). The van der Waals surface area contributed by atoms with E-state index in [9.17, 15) is 4.79 Å². The van der Waals surface area contributed by atoms with Crippen LogP contribution in [0.4, 0.5) is 0 Å². The average molecular weight is 174 g/mol. The lowest BCUT2D eigenvalue weighted by molar-refractivity contribution is -0.141. The summed E-state index contributed by atoms with van der Waals surface area (Å²) in [7, 11) is 0. The van der Waals surface area contributed by atoms with Gasteiger partial charge in [0, 0.05) is 6.54 Å². The van der Waals surface area contributed by atoms with Gasteiger partial charge in [-0.15, -0.1) is 0 Å². The molecule has 0 atom stereocenters. The molecule has 0 radical (unpaired) electrons. The van der Waals surface area contributed by atoms with Gasteiger partial charge in [0.05, 0.1) is 13.2 Å². The fraction of sp³-hybridized carbons (Fsp3) is 0.667. The summed E-state index contributed by atoms with van der Waals surface area (Å²) >= 11 is 0. The third kappa shape index (κ3) is 6.81. The highest BCUT2D eigenvalue weighted by Gasteiger charge is 1.96. The van der Waals surface area contributed by atoms with Gasteiger partial charge in [-0.1, -0.05) is 0 Å². The molecule has 70 valence electrons. The summed E-state index contributed by atoms with van der Waals surface area (Å²) in [5.41, 5.74) is 10.00. The molecule has 6 heteroatoms. The van der Waals surface area contributed by atoms with E-state index in [1.165, 1.54) is 0 Å². The average Bonchev–Trinajstić information content (AvgIpc) is 2.03. The lowest BCUT2D eigenvalue weighted by atomic mass is 10.4. The molecule has 0 amide bonds. The Kier molecular flexibility index (Phi) is 5.72. The van der Waals surface area contributed by atoms with Gasteiger partial charge in [0.25, 0.3) is 0 Å². The molecule has 0 spiro atoms. The number of nitrogens with two attached hydrogens (primary N) is 2. The highest BCUT2D eigenvalue weighted by atomic mass is 16.5. The smallest absolute Gasteiger partial charge is 0.319 e. The first kappa shape index (κ1) is 10.7. The highest BCUT2D eigenvalue weighted by Crippen LogP contribution is 1.80. The van der Waals surface area contributed by atoms with Crippen LogP contribution in [-0.2, 0) is 9.53 Å². The van der Waals surface area contributed by atoms with E-state index in [0.717, 1.165) is 0 Å². The summed E-state index contributed by atoms with van der Waals surface area (Å²) in [4.78, 5) is 10.5. The fourth-order valence-electron chi connectivity index (χ4n) is 0.540. The number of hydrogen-bond acceptors (Lipinski definition) is 4. The molecule has 0 unspecified atom stereocenters.